The first-order valence-electron chi connectivity index (χ1n) is 7.13. The molecule has 2 rings (SSSR count). The van der Waals surface area contributed by atoms with Gasteiger partial charge in [0.2, 0.25) is 5.91 Å². The maximum absolute atomic E-state index is 11.9. The van der Waals surface area contributed by atoms with E-state index < -0.39 is 0 Å². The molecular formula is C16H24N2O. The van der Waals surface area contributed by atoms with Crippen LogP contribution in [0.3, 0.4) is 0 Å². The van der Waals surface area contributed by atoms with E-state index in [1.54, 1.807) is 6.92 Å². The van der Waals surface area contributed by atoms with Crippen molar-refractivity contribution in [3.8, 4) is 0 Å². The quantitative estimate of drug-likeness (QED) is 0.906. The molecule has 2 unspecified atom stereocenters. The summed E-state index contributed by atoms with van der Waals surface area (Å²) in [6, 6.07) is 10.9. The fourth-order valence-electron chi connectivity index (χ4n) is 2.87. The van der Waals surface area contributed by atoms with Gasteiger partial charge in [-0.1, -0.05) is 44.2 Å². The van der Waals surface area contributed by atoms with Crippen LogP contribution >= 0.6 is 0 Å². The van der Waals surface area contributed by atoms with Crippen LogP contribution in [0.1, 0.15) is 38.8 Å². The molecule has 1 aliphatic rings. The van der Waals surface area contributed by atoms with Crippen molar-refractivity contribution in [2.45, 2.75) is 39.3 Å². The highest BCUT2D eigenvalue weighted by molar-refractivity contribution is 5.74. The average molecular weight is 260 g/mol. The van der Waals surface area contributed by atoms with E-state index in [1.807, 2.05) is 23.1 Å². The summed E-state index contributed by atoms with van der Waals surface area (Å²) in [6.45, 7) is 7.79. The van der Waals surface area contributed by atoms with E-state index in [2.05, 4.69) is 31.3 Å². The predicted molar refractivity (Wildman–Crippen MR) is 77.8 cm³/mol. The number of carbonyl (C=O) groups is 1. The number of benzene rings is 1. The first kappa shape index (κ1) is 14.1. The van der Waals surface area contributed by atoms with Crippen LogP contribution in [-0.2, 0) is 4.79 Å². The standard InChI is InChI=1S/C16H24N2O/c1-12(2)9-15-11-18(13(3)19)16(10-17-15)14-7-5-4-6-8-14/h4-8,12,15-17H,9-11H2,1-3H3. The van der Waals surface area contributed by atoms with Crippen LogP contribution in [0.25, 0.3) is 0 Å². The molecule has 1 amide bonds. The summed E-state index contributed by atoms with van der Waals surface area (Å²) in [5, 5.41) is 3.59. The van der Waals surface area contributed by atoms with Gasteiger partial charge < -0.3 is 10.2 Å². The van der Waals surface area contributed by atoms with Crippen molar-refractivity contribution >= 4 is 5.91 Å². The molecule has 104 valence electrons. The molecule has 0 bridgehead atoms. The number of hydrogen-bond donors (Lipinski definition) is 1. The van der Waals surface area contributed by atoms with Crippen LogP contribution in [0.15, 0.2) is 30.3 Å². The van der Waals surface area contributed by atoms with E-state index in [0.29, 0.717) is 12.0 Å². The van der Waals surface area contributed by atoms with Gasteiger partial charge in [-0.15, -0.1) is 0 Å². The Morgan fingerprint density at radius 3 is 2.63 bits per heavy atom. The summed E-state index contributed by atoms with van der Waals surface area (Å²) in [6.07, 6.45) is 1.12. The number of carbonyl (C=O) groups excluding carboxylic acids is 1. The van der Waals surface area contributed by atoms with E-state index >= 15 is 0 Å². The lowest BCUT2D eigenvalue weighted by molar-refractivity contribution is -0.133. The average Bonchev–Trinajstić information content (AvgIpc) is 2.39. The second-order valence-electron chi connectivity index (χ2n) is 5.83. The molecule has 1 saturated heterocycles. The molecule has 1 aromatic rings. The largest absolute Gasteiger partial charge is 0.333 e. The molecule has 0 saturated carbocycles. The topological polar surface area (TPSA) is 32.3 Å². The summed E-state index contributed by atoms with van der Waals surface area (Å²) >= 11 is 0. The lowest BCUT2D eigenvalue weighted by Crippen LogP contribution is -2.54. The summed E-state index contributed by atoms with van der Waals surface area (Å²) < 4.78 is 0. The molecule has 1 fully saturated rings. The Morgan fingerprint density at radius 2 is 2.05 bits per heavy atom. The van der Waals surface area contributed by atoms with Gasteiger partial charge in [-0.3, -0.25) is 4.79 Å². The Kier molecular flexibility index (Phi) is 4.59. The predicted octanol–water partition coefficient (Wildman–Crippen LogP) is 2.59. The molecule has 1 aliphatic heterocycles. The second-order valence-corrected chi connectivity index (χ2v) is 5.83. The van der Waals surface area contributed by atoms with Gasteiger partial charge in [0.1, 0.15) is 0 Å². The first-order chi connectivity index (χ1) is 9.08. The van der Waals surface area contributed by atoms with Crippen molar-refractivity contribution in [3.63, 3.8) is 0 Å². The Hall–Kier alpha value is -1.35. The minimum Gasteiger partial charge on any atom is -0.333 e. The molecule has 0 aliphatic carbocycles. The highest BCUT2D eigenvalue weighted by Crippen LogP contribution is 2.25. The van der Waals surface area contributed by atoms with Crippen molar-refractivity contribution in [1.82, 2.24) is 10.2 Å². The first-order valence-corrected chi connectivity index (χ1v) is 7.13. The van der Waals surface area contributed by atoms with Gasteiger partial charge in [-0.05, 0) is 17.9 Å². The molecule has 2 atom stereocenters. The van der Waals surface area contributed by atoms with E-state index in [0.717, 1.165) is 19.5 Å². The van der Waals surface area contributed by atoms with Crippen LogP contribution in [0.4, 0.5) is 0 Å². The molecule has 0 radical (unpaired) electrons. The van der Waals surface area contributed by atoms with Crippen LogP contribution in [0.2, 0.25) is 0 Å². The maximum atomic E-state index is 11.9. The Labute approximate surface area is 116 Å². The van der Waals surface area contributed by atoms with Crippen molar-refractivity contribution in [2.75, 3.05) is 13.1 Å². The summed E-state index contributed by atoms with van der Waals surface area (Å²) in [5.74, 6) is 0.823. The molecule has 1 heterocycles. The minimum absolute atomic E-state index is 0.169. The van der Waals surface area contributed by atoms with Crippen molar-refractivity contribution in [1.29, 1.82) is 0 Å². The lowest BCUT2D eigenvalue weighted by atomic mass is 9.96. The molecule has 1 aromatic carbocycles. The Morgan fingerprint density at radius 1 is 1.37 bits per heavy atom. The van der Waals surface area contributed by atoms with Crippen LogP contribution in [0.5, 0.6) is 0 Å². The zero-order valence-corrected chi connectivity index (χ0v) is 12.1. The zero-order chi connectivity index (χ0) is 13.8. The van der Waals surface area contributed by atoms with Crippen molar-refractivity contribution < 1.29 is 4.79 Å². The molecule has 0 spiro atoms. The highest BCUT2D eigenvalue weighted by atomic mass is 16.2. The van der Waals surface area contributed by atoms with E-state index in [1.165, 1.54) is 5.56 Å². The van der Waals surface area contributed by atoms with E-state index in [4.69, 9.17) is 0 Å². The van der Waals surface area contributed by atoms with Gasteiger partial charge in [0, 0.05) is 26.1 Å². The number of rotatable bonds is 3. The van der Waals surface area contributed by atoms with Gasteiger partial charge in [0.15, 0.2) is 0 Å². The fourth-order valence-corrected chi connectivity index (χ4v) is 2.87. The summed E-state index contributed by atoms with van der Waals surface area (Å²) in [5.41, 5.74) is 1.22. The van der Waals surface area contributed by atoms with Gasteiger partial charge in [0.05, 0.1) is 6.04 Å². The maximum Gasteiger partial charge on any atom is 0.220 e. The monoisotopic (exact) mass is 260 g/mol. The van der Waals surface area contributed by atoms with Crippen LogP contribution in [0, 0.1) is 5.92 Å². The highest BCUT2D eigenvalue weighted by Gasteiger charge is 2.30. The minimum atomic E-state index is 0.169. The second kappa shape index (κ2) is 6.20. The van der Waals surface area contributed by atoms with Crippen LogP contribution < -0.4 is 5.32 Å². The molecule has 1 N–H and O–H groups in total. The third kappa shape index (κ3) is 3.57. The van der Waals surface area contributed by atoms with Crippen molar-refractivity contribution in [2.24, 2.45) is 5.92 Å². The number of nitrogens with one attached hydrogen (secondary N) is 1. The zero-order valence-electron chi connectivity index (χ0n) is 12.1. The summed E-state index contributed by atoms with van der Waals surface area (Å²) in [7, 11) is 0. The van der Waals surface area contributed by atoms with E-state index in [-0.39, 0.29) is 11.9 Å². The SMILES string of the molecule is CC(=O)N1CC(CC(C)C)NCC1c1ccccc1. The van der Waals surface area contributed by atoms with Gasteiger partial charge in [-0.25, -0.2) is 0 Å². The lowest BCUT2D eigenvalue weighted by Gasteiger charge is -2.40. The van der Waals surface area contributed by atoms with Gasteiger partial charge in [-0.2, -0.15) is 0 Å². The normalized spacial score (nSPS) is 23.7. The van der Waals surface area contributed by atoms with Gasteiger partial charge in [0.25, 0.3) is 0 Å². The third-order valence-corrected chi connectivity index (χ3v) is 3.74. The third-order valence-electron chi connectivity index (χ3n) is 3.74. The molecule has 0 aromatic heterocycles. The van der Waals surface area contributed by atoms with Crippen LogP contribution in [-0.4, -0.2) is 29.9 Å². The van der Waals surface area contributed by atoms with Gasteiger partial charge >= 0.3 is 0 Å². The van der Waals surface area contributed by atoms with E-state index in [9.17, 15) is 4.79 Å². The smallest absolute Gasteiger partial charge is 0.220 e. The number of amides is 1. The molecule has 3 nitrogen and oxygen atoms in total. The Balaban J connectivity index is 2.11. The van der Waals surface area contributed by atoms with Crippen molar-refractivity contribution in [3.05, 3.63) is 35.9 Å². The molecule has 3 heteroatoms. The Bertz CT molecular complexity index is 416. The number of piperazine rings is 1. The molecule has 19 heavy (non-hydrogen) atoms. The fraction of sp³-hybridized carbons (Fsp3) is 0.562. The number of hydrogen-bond acceptors (Lipinski definition) is 2. The summed E-state index contributed by atoms with van der Waals surface area (Å²) in [4.78, 5) is 13.9. The number of nitrogens with zero attached hydrogens (tertiary/aromatic N) is 1. The molecular weight excluding hydrogens is 236 g/mol.